The summed E-state index contributed by atoms with van der Waals surface area (Å²) < 4.78 is 40.4. The number of likely N-dealkylation sites (tertiary alicyclic amines) is 1. The number of pyridine rings is 1. The summed E-state index contributed by atoms with van der Waals surface area (Å²) >= 11 is 1.77. The summed E-state index contributed by atoms with van der Waals surface area (Å²) in [7, 11) is 2.10. The van der Waals surface area contributed by atoms with Crippen molar-refractivity contribution in [1.29, 1.82) is 0 Å². The molecule has 0 bridgehead atoms. The molecular weight excluding hydrogens is 452 g/mol. The van der Waals surface area contributed by atoms with Crippen LogP contribution in [0.5, 0.6) is 0 Å². The van der Waals surface area contributed by atoms with Gasteiger partial charge in [0.05, 0.1) is 16.0 Å². The van der Waals surface area contributed by atoms with Crippen molar-refractivity contribution in [2.45, 2.75) is 28.8 Å². The third-order valence-electron chi connectivity index (χ3n) is 4.81. The highest BCUT2D eigenvalue weighted by atomic mass is 127. The van der Waals surface area contributed by atoms with Crippen LogP contribution in [-0.4, -0.2) is 45.7 Å². The van der Waals surface area contributed by atoms with E-state index in [-0.39, 0.29) is 22.2 Å². The Hall–Kier alpha value is -0.680. The number of hydrogen-bond donors (Lipinski definition) is 1. The Morgan fingerprint density at radius 3 is 2.96 bits per heavy atom. The minimum absolute atomic E-state index is 0.0377. The molecule has 4 nitrogen and oxygen atoms in total. The van der Waals surface area contributed by atoms with E-state index in [0.717, 1.165) is 31.7 Å². The number of thioether (sulfide) groups is 1. The summed E-state index contributed by atoms with van der Waals surface area (Å²) in [5.41, 5.74) is -3.79. The molecule has 3 heterocycles. The van der Waals surface area contributed by atoms with Crippen molar-refractivity contribution in [2.24, 2.45) is 5.92 Å². The molecule has 130 valence electrons. The van der Waals surface area contributed by atoms with Crippen molar-refractivity contribution < 1.29 is 13.2 Å². The number of rotatable bonds is 3. The SMILES string of the molecule is CN1CCC2CC2(Nc2cccc3c(SC(F)(F)F)c(I)nn23)C1. The van der Waals surface area contributed by atoms with Crippen LogP contribution in [0.3, 0.4) is 0 Å². The maximum absolute atomic E-state index is 12.8. The fourth-order valence-corrected chi connectivity index (χ4v) is 5.10. The number of hydrogen-bond acceptors (Lipinski definition) is 4. The summed E-state index contributed by atoms with van der Waals surface area (Å²) in [6, 6.07) is 5.36. The molecule has 2 atom stereocenters. The summed E-state index contributed by atoms with van der Waals surface area (Å²) in [5, 5.41) is 7.91. The van der Waals surface area contributed by atoms with E-state index in [1.54, 1.807) is 16.6 Å². The van der Waals surface area contributed by atoms with Gasteiger partial charge in [-0.3, -0.25) is 0 Å². The van der Waals surface area contributed by atoms with Gasteiger partial charge in [0.15, 0.2) is 0 Å². The number of halogens is 4. The lowest BCUT2D eigenvalue weighted by Crippen LogP contribution is -2.42. The van der Waals surface area contributed by atoms with Crippen LogP contribution in [0.2, 0.25) is 0 Å². The van der Waals surface area contributed by atoms with Gasteiger partial charge in [-0.15, -0.1) is 0 Å². The van der Waals surface area contributed by atoms with Gasteiger partial charge in [0, 0.05) is 6.54 Å². The van der Waals surface area contributed by atoms with E-state index in [1.807, 2.05) is 28.7 Å². The normalized spacial score (nSPS) is 27.3. The second-order valence-electron chi connectivity index (χ2n) is 6.58. The fraction of sp³-hybridized carbons (Fsp3) is 0.533. The number of nitrogens with zero attached hydrogens (tertiary/aromatic N) is 3. The monoisotopic (exact) mass is 468 g/mol. The van der Waals surface area contributed by atoms with E-state index in [2.05, 4.69) is 22.4 Å². The molecule has 24 heavy (non-hydrogen) atoms. The highest BCUT2D eigenvalue weighted by Gasteiger charge is 2.56. The van der Waals surface area contributed by atoms with E-state index < -0.39 is 5.51 Å². The minimum atomic E-state index is -4.32. The lowest BCUT2D eigenvalue weighted by molar-refractivity contribution is -0.0328. The van der Waals surface area contributed by atoms with Crippen molar-refractivity contribution in [3.8, 4) is 0 Å². The number of alkyl halides is 3. The summed E-state index contributed by atoms with van der Waals surface area (Å²) in [6.45, 7) is 2.06. The van der Waals surface area contributed by atoms with Gasteiger partial charge in [0.1, 0.15) is 9.52 Å². The Labute approximate surface area is 155 Å². The number of anilines is 1. The maximum atomic E-state index is 12.8. The first kappa shape index (κ1) is 16.8. The average Bonchev–Trinajstić information content (AvgIpc) is 3.09. The van der Waals surface area contributed by atoms with Gasteiger partial charge in [0.2, 0.25) is 0 Å². The van der Waals surface area contributed by atoms with Gasteiger partial charge in [-0.25, -0.2) is 4.52 Å². The fourth-order valence-electron chi connectivity index (χ4n) is 3.66. The first-order chi connectivity index (χ1) is 11.3. The smallest absolute Gasteiger partial charge is 0.363 e. The van der Waals surface area contributed by atoms with Gasteiger partial charge < -0.3 is 10.2 Å². The molecule has 2 aromatic heterocycles. The Kier molecular flexibility index (Phi) is 3.96. The van der Waals surface area contributed by atoms with Crippen LogP contribution in [-0.2, 0) is 0 Å². The lowest BCUT2D eigenvalue weighted by atomic mass is 10.1. The van der Waals surface area contributed by atoms with Crippen molar-refractivity contribution in [3.05, 3.63) is 21.9 Å². The number of aromatic nitrogens is 2. The third kappa shape index (κ3) is 2.98. The molecule has 2 unspecified atom stereocenters. The summed E-state index contributed by atoms with van der Waals surface area (Å²) in [5.74, 6) is 1.40. The molecular formula is C15H16F3IN4S. The second-order valence-corrected chi connectivity index (χ2v) is 8.68. The Bertz CT molecular complexity index is 793. The predicted molar refractivity (Wildman–Crippen MR) is 96.4 cm³/mol. The van der Waals surface area contributed by atoms with E-state index in [0.29, 0.717) is 15.1 Å². The predicted octanol–water partition coefficient (Wildman–Crippen LogP) is 4.06. The number of fused-ring (bicyclic) bond motifs is 2. The topological polar surface area (TPSA) is 32.6 Å². The van der Waals surface area contributed by atoms with E-state index in [1.165, 1.54) is 0 Å². The molecule has 4 rings (SSSR count). The van der Waals surface area contributed by atoms with Crippen molar-refractivity contribution in [1.82, 2.24) is 14.5 Å². The Morgan fingerprint density at radius 2 is 2.21 bits per heavy atom. The minimum Gasteiger partial charge on any atom is -0.363 e. The molecule has 2 aliphatic rings. The largest absolute Gasteiger partial charge is 0.446 e. The van der Waals surface area contributed by atoms with Gasteiger partial charge in [-0.1, -0.05) is 6.07 Å². The third-order valence-corrected chi connectivity index (χ3v) is 6.77. The van der Waals surface area contributed by atoms with Crippen molar-refractivity contribution >= 4 is 45.7 Å². The highest BCUT2D eigenvalue weighted by Crippen LogP contribution is 2.51. The number of nitrogens with one attached hydrogen (secondary N) is 1. The van der Waals surface area contributed by atoms with Crippen LogP contribution in [0, 0.1) is 9.62 Å². The van der Waals surface area contributed by atoms with Crippen molar-refractivity contribution in [2.75, 3.05) is 25.5 Å². The molecule has 1 saturated heterocycles. The van der Waals surface area contributed by atoms with Crippen LogP contribution in [0.1, 0.15) is 12.8 Å². The first-order valence-electron chi connectivity index (χ1n) is 7.67. The van der Waals surface area contributed by atoms with Crippen LogP contribution in [0.15, 0.2) is 23.1 Å². The standard InChI is InChI=1S/C15H16F3IN4S/c1-22-6-5-9-7-14(9,8-22)20-11-4-2-3-10-12(24-15(16,17)18)13(19)21-23(10)11/h2-4,9,20H,5-8H2,1H3. The molecule has 0 spiro atoms. The van der Waals surface area contributed by atoms with E-state index >= 15 is 0 Å². The Balaban J connectivity index is 1.69. The van der Waals surface area contributed by atoms with E-state index in [9.17, 15) is 13.2 Å². The first-order valence-corrected chi connectivity index (χ1v) is 9.57. The molecule has 2 aromatic rings. The zero-order chi connectivity index (χ0) is 17.1. The average molecular weight is 468 g/mol. The Morgan fingerprint density at radius 1 is 1.42 bits per heavy atom. The van der Waals surface area contributed by atoms with E-state index in [4.69, 9.17) is 0 Å². The molecule has 0 aromatic carbocycles. The summed E-state index contributed by atoms with van der Waals surface area (Å²) in [6.07, 6.45) is 2.27. The van der Waals surface area contributed by atoms with Crippen LogP contribution in [0.4, 0.5) is 19.0 Å². The molecule has 1 aliphatic carbocycles. The molecule has 9 heteroatoms. The zero-order valence-electron chi connectivity index (χ0n) is 12.9. The molecule has 1 saturated carbocycles. The van der Waals surface area contributed by atoms with Crippen LogP contribution < -0.4 is 5.32 Å². The maximum Gasteiger partial charge on any atom is 0.446 e. The molecule has 1 N–H and O–H groups in total. The van der Waals surface area contributed by atoms with Gasteiger partial charge in [-0.05, 0) is 78.8 Å². The van der Waals surface area contributed by atoms with Gasteiger partial charge in [0.25, 0.3) is 0 Å². The lowest BCUT2D eigenvalue weighted by Gasteiger charge is -2.31. The van der Waals surface area contributed by atoms with Crippen LogP contribution >= 0.6 is 34.4 Å². The number of piperidine rings is 1. The number of likely N-dealkylation sites (N-methyl/N-ethyl adjacent to an activating group) is 1. The quantitative estimate of drug-likeness (QED) is 0.545. The van der Waals surface area contributed by atoms with Crippen molar-refractivity contribution in [3.63, 3.8) is 0 Å². The van der Waals surface area contributed by atoms with Crippen LogP contribution in [0.25, 0.3) is 5.52 Å². The second kappa shape index (κ2) is 5.66. The highest BCUT2D eigenvalue weighted by molar-refractivity contribution is 14.1. The summed E-state index contributed by atoms with van der Waals surface area (Å²) in [4.78, 5) is 2.46. The molecule has 2 fully saturated rings. The molecule has 0 radical (unpaired) electrons. The van der Waals surface area contributed by atoms with Gasteiger partial charge in [-0.2, -0.15) is 18.3 Å². The van der Waals surface area contributed by atoms with Gasteiger partial charge >= 0.3 is 5.51 Å². The molecule has 0 amide bonds. The molecule has 1 aliphatic heterocycles. The zero-order valence-corrected chi connectivity index (χ0v) is 15.9.